The maximum Gasteiger partial charge on any atom is 0.280 e. The zero-order chi connectivity index (χ0) is 20.5. The number of H-pyrrole nitrogens is 1. The molecule has 0 fully saturated rings. The minimum absolute atomic E-state index is 0.159. The zero-order valence-corrected chi connectivity index (χ0v) is 16.1. The van der Waals surface area contributed by atoms with Crippen LogP contribution in [0.3, 0.4) is 0 Å². The van der Waals surface area contributed by atoms with Gasteiger partial charge in [-0.1, -0.05) is 30.3 Å². The van der Waals surface area contributed by atoms with E-state index in [0.29, 0.717) is 33.7 Å². The molecule has 0 unspecified atom stereocenters. The molecule has 0 atom stereocenters. The van der Waals surface area contributed by atoms with Gasteiger partial charge in [-0.25, -0.2) is 24.6 Å². The van der Waals surface area contributed by atoms with E-state index in [-0.39, 0.29) is 12.1 Å². The topological polar surface area (TPSA) is 113 Å². The van der Waals surface area contributed by atoms with E-state index in [0.717, 1.165) is 11.3 Å². The first kappa shape index (κ1) is 17.8. The van der Waals surface area contributed by atoms with Crippen molar-refractivity contribution in [1.82, 2.24) is 29.6 Å². The smallest absolute Gasteiger partial charge is 0.280 e. The summed E-state index contributed by atoms with van der Waals surface area (Å²) in [5, 5.41) is 3.82. The SMILES string of the molecule is Cc1cccc2nc(CNc3ncnc4nc[nH]c34)n(Nc3ccccc3)c(=O)c12. The third-order valence-corrected chi connectivity index (χ3v) is 4.83. The van der Waals surface area contributed by atoms with Crippen molar-refractivity contribution in [3.8, 4) is 0 Å². The Morgan fingerprint density at radius 3 is 2.77 bits per heavy atom. The number of anilines is 2. The molecule has 3 N–H and O–H groups in total. The molecule has 9 heteroatoms. The van der Waals surface area contributed by atoms with E-state index >= 15 is 0 Å². The maximum absolute atomic E-state index is 13.3. The second-order valence-electron chi connectivity index (χ2n) is 6.79. The quantitative estimate of drug-likeness (QED) is 0.417. The van der Waals surface area contributed by atoms with Crippen LogP contribution in [0.1, 0.15) is 11.4 Å². The molecular weight excluding hydrogens is 380 g/mol. The molecule has 0 amide bonds. The Balaban J connectivity index is 1.59. The number of aromatic nitrogens is 6. The third kappa shape index (κ3) is 3.12. The number of imidazole rings is 1. The molecule has 0 aliphatic rings. The minimum atomic E-state index is -0.159. The van der Waals surface area contributed by atoms with Gasteiger partial charge in [-0.2, -0.15) is 0 Å². The second-order valence-corrected chi connectivity index (χ2v) is 6.79. The lowest BCUT2D eigenvalue weighted by Gasteiger charge is -2.16. The van der Waals surface area contributed by atoms with E-state index in [4.69, 9.17) is 4.98 Å². The third-order valence-electron chi connectivity index (χ3n) is 4.83. The van der Waals surface area contributed by atoms with Gasteiger partial charge >= 0.3 is 0 Å². The number of aromatic amines is 1. The van der Waals surface area contributed by atoms with Crippen LogP contribution in [0.15, 0.2) is 66.0 Å². The molecule has 3 heterocycles. The van der Waals surface area contributed by atoms with Crippen LogP contribution in [0, 0.1) is 6.92 Å². The number of hydrogen-bond donors (Lipinski definition) is 3. The average molecular weight is 398 g/mol. The van der Waals surface area contributed by atoms with Crippen molar-refractivity contribution in [2.24, 2.45) is 0 Å². The Morgan fingerprint density at radius 2 is 1.90 bits per heavy atom. The lowest BCUT2D eigenvalue weighted by molar-refractivity contribution is 0.782. The molecule has 0 bridgehead atoms. The van der Waals surface area contributed by atoms with E-state index in [1.165, 1.54) is 11.0 Å². The minimum Gasteiger partial charge on any atom is -0.361 e. The standard InChI is InChI=1S/C21H18N8O/c1-13-6-5-9-15-17(13)21(30)29(28-14-7-3-2-4-8-14)16(27-15)10-22-19-18-20(24-11-23-18)26-12-25-19/h2-9,11-12,28H,10H2,1H3,(H2,22,23,24,25,26). The van der Waals surface area contributed by atoms with Crippen molar-refractivity contribution < 1.29 is 0 Å². The highest BCUT2D eigenvalue weighted by Gasteiger charge is 2.14. The molecule has 3 aromatic heterocycles. The van der Waals surface area contributed by atoms with Gasteiger partial charge in [-0.3, -0.25) is 10.2 Å². The summed E-state index contributed by atoms with van der Waals surface area (Å²) < 4.78 is 1.48. The molecule has 0 aliphatic carbocycles. The summed E-state index contributed by atoms with van der Waals surface area (Å²) in [5.74, 6) is 1.11. The average Bonchev–Trinajstić information content (AvgIpc) is 3.25. The van der Waals surface area contributed by atoms with Gasteiger partial charge in [0.2, 0.25) is 0 Å². The van der Waals surface area contributed by atoms with E-state index in [1.54, 1.807) is 6.33 Å². The van der Waals surface area contributed by atoms with Crippen molar-refractivity contribution in [1.29, 1.82) is 0 Å². The van der Waals surface area contributed by atoms with E-state index < -0.39 is 0 Å². The van der Waals surface area contributed by atoms with Crippen LogP contribution in [-0.2, 0) is 6.54 Å². The number of hydrogen-bond acceptors (Lipinski definition) is 7. The maximum atomic E-state index is 13.3. The Hall–Kier alpha value is -4.27. The molecule has 2 aromatic carbocycles. The molecule has 5 rings (SSSR count). The highest BCUT2D eigenvalue weighted by molar-refractivity contribution is 5.82. The Labute approximate surface area is 170 Å². The van der Waals surface area contributed by atoms with Gasteiger partial charge in [0.15, 0.2) is 17.3 Å². The molecular formula is C21H18N8O. The van der Waals surface area contributed by atoms with Crippen LogP contribution in [-0.4, -0.2) is 29.6 Å². The number of fused-ring (bicyclic) bond motifs is 2. The number of nitrogens with zero attached hydrogens (tertiary/aromatic N) is 5. The van der Waals surface area contributed by atoms with Crippen molar-refractivity contribution >= 4 is 33.6 Å². The fourth-order valence-corrected chi connectivity index (χ4v) is 3.38. The van der Waals surface area contributed by atoms with Crippen LogP contribution < -0.4 is 16.3 Å². The molecule has 148 valence electrons. The lowest BCUT2D eigenvalue weighted by atomic mass is 10.1. The first-order valence-electron chi connectivity index (χ1n) is 9.42. The number of para-hydroxylation sites is 1. The molecule has 0 spiro atoms. The Bertz CT molecular complexity index is 1410. The molecule has 5 aromatic rings. The van der Waals surface area contributed by atoms with Crippen molar-refractivity contribution in [3.63, 3.8) is 0 Å². The van der Waals surface area contributed by atoms with Crippen LogP contribution in [0.25, 0.3) is 22.1 Å². The fourth-order valence-electron chi connectivity index (χ4n) is 3.38. The summed E-state index contributed by atoms with van der Waals surface area (Å²) in [5.41, 5.74) is 6.59. The predicted octanol–water partition coefficient (Wildman–Crippen LogP) is 2.86. The van der Waals surface area contributed by atoms with E-state index in [2.05, 4.69) is 30.7 Å². The van der Waals surface area contributed by atoms with Gasteiger partial charge in [0.25, 0.3) is 5.56 Å². The highest BCUT2D eigenvalue weighted by Crippen LogP contribution is 2.17. The Morgan fingerprint density at radius 1 is 1.03 bits per heavy atom. The monoisotopic (exact) mass is 398 g/mol. The normalized spacial score (nSPS) is 11.1. The summed E-state index contributed by atoms with van der Waals surface area (Å²) in [7, 11) is 0. The first-order chi connectivity index (χ1) is 14.7. The van der Waals surface area contributed by atoms with Gasteiger partial charge in [0.05, 0.1) is 29.5 Å². The van der Waals surface area contributed by atoms with E-state index in [1.807, 2.05) is 55.5 Å². The molecule has 0 radical (unpaired) electrons. The summed E-state index contributed by atoms with van der Waals surface area (Å²) in [6.07, 6.45) is 3.01. The van der Waals surface area contributed by atoms with Crippen molar-refractivity contribution in [2.45, 2.75) is 13.5 Å². The van der Waals surface area contributed by atoms with Crippen LogP contribution >= 0.6 is 0 Å². The zero-order valence-electron chi connectivity index (χ0n) is 16.1. The number of nitrogens with one attached hydrogen (secondary N) is 3. The molecule has 0 saturated carbocycles. The molecule has 30 heavy (non-hydrogen) atoms. The predicted molar refractivity (Wildman–Crippen MR) is 115 cm³/mol. The van der Waals surface area contributed by atoms with Gasteiger partial charge < -0.3 is 10.3 Å². The van der Waals surface area contributed by atoms with Gasteiger partial charge in [0.1, 0.15) is 11.8 Å². The van der Waals surface area contributed by atoms with Gasteiger partial charge in [0, 0.05) is 0 Å². The van der Waals surface area contributed by atoms with Crippen molar-refractivity contribution in [2.75, 3.05) is 10.7 Å². The van der Waals surface area contributed by atoms with Crippen LogP contribution in [0.4, 0.5) is 11.5 Å². The van der Waals surface area contributed by atoms with Gasteiger partial charge in [-0.05, 0) is 30.7 Å². The summed E-state index contributed by atoms with van der Waals surface area (Å²) in [6, 6.07) is 15.2. The molecule has 0 saturated heterocycles. The fraction of sp³-hybridized carbons (Fsp3) is 0.0952. The Kier molecular flexibility index (Phi) is 4.32. The van der Waals surface area contributed by atoms with Gasteiger partial charge in [-0.15, -0.1) is 0 Å². The number of rotatable bonds is 5. The second kappa shape index (κ2) is 7.28. The first-order valence-corrected chi connectivity index (χ1v) is 9.42. The number of benzene rings is 2. The summed E-state index contributed by atoms with van der Waals surface area (Å²) in [4.78, 5) is 33.7. The van der Waals surface area contributed by atoms with Crippen LogP contribution in [0.5, 0.6) is 0 Å². The largest absolute Gasteiger partial charge is 0.361 e. The summed E-state index contributed by atoms with van der Waals surface area (Å²) in [6.45, 7) is 2.18. The van der Waals surface area contributed by atoms with Crippen LogP contribution in [0.2, 0.25) is 0 Å². The summed E-state index contributed by atoms with van der Waals surface area (Å²) >= 11 is 0. The number of aryl methyl sites for hydroxylation is 1. The lowest BCUT2D eigenvalue weighted by Crippen LogP contribution is -2.32. The molecule has 0 aliphatic heterocycles. The highest BCUT2D eigenvalue weighted by atomic mass is 16.1. The van der Waals surface area contributed by atoms with Crippen molar-refractivity contribution in [3.05, 3.63) is 82.9 Å². The van der Waals surface area contributed by atoms with E-state index in [9.17, 15) is 4.79 Å². The molecule has 9 nitrogen and oxygen atoms in total.